The summed E-state index contributed by atoms with van der Waals surface area (Å²) in [5.41, 5.74) is 4.17. The van der Waals surface area contributed by atoms with E-state index < -0.39 is 0 Å². The zero-order chi connectivity index (χ0) is 12.8. The van der Waals surface area contributed by atoms with Crippen molar-refractivity contribution in [2.75, 3.05) is 13.6 Å². The van der Waals surface area contributed by atoms with Crippen LogP contribution in [0.2, 0.25) is 0 Å². The molecular formula is C12H20N4O. The van der Waals surface area contributed by atoms with E-state index in [1.165, 1.54) is 0 Å². The van der Waals surface area contributed by atoms with Crippen LogP contribution in [0.1, 0.15) is 18.3 Å². The Morgan fingerprint density at radius 1 is 1.59 bits per heavy atom. The van der Waals surface area contributed by atoms with Crippen molar-refractivity contribution in [1.82, 2.24) is 15.3 Å². The summed E-state index contributed by atoms with van der Waals surface area (Å²) in [6, 6.07) is 5.94. The van der Waals surface area contributed by atoms with Crippen LogP contribution in [-0.2, 0) is 11.3 Å². The van der Waals surface area contributed by atoms with Gasteiger partial charge in [0.05, 0.1) is 5.69 Å². The molecule has 0 aliphatic carbocycles. The molecule has 1 aromatic heterocycles. The first-order valence-corrected chi connectivity index (χ1v) is 5.64. The van der Waals surface area contributed by atoms with Gasteiger partial charge < -0.3 is 0 Å². The van der Waals surface area contributed by atoms with Gasteiger partial charge in [-0.1, -0.05) is 13.0 Å². The lowest BCUT2D eigenvalue weighted by Gasteiger charge is -2.19. The molecule has 5 heteroatoms. The zero-order valence-corrected chi connectivity index (χ0v) is 10.6. The standard InChI is InChI=1S/C12H20N4O/c1-9(12(17)15-13)7-16(3)8-11-6-4-5-10(2)14-11/h4-6,9H,7-8,13H2,1-3H3,(H,15,17). The van der Waals surface area contributed by atoms with E-state index >= 15 is 0 Å². The van der Waals surface area contributed by atoms with Gasteiger partial charge in [0, 0.05) is 24.7 Å². The number of aryl methyl sites for hydroxylation is 1. The number of nitrogens with one attached hydrogen (secondary N) is 1. The van der Waals surface area contributed by atoms with Crippen molar-refractivity contribution in [2.24, 2.45) is 11.8 Å². The second kappa shape index (κ2) is 6.32. The van der Waals surface area contributed by atoms with Gasteiger partial charge in [-0.25, -0.2) is 5.84 Å². The van der Waals surface area contributed by atoms with Crippen molar-refractivity contribution >= 4 is 5.91 Å². The normalized spacial score (nSPS) is 12.5. The summed E-state index contributed by atoms with van der Waals surface area (Å²) in [6.45, 7) is 5.19. The van der Waals surface area contributed by atoms with Crippen molar-refractivity contribution in [3.05, 3.63) is 29.6 Å². The van der Waals surface area contributed by atoms with Gasteiger partial charge in [-0.3, -0.25) is 20.1 Å². The third kappa shape index (κ3) is 4.50. The molecule has 1 aromatic rings. The summed E-state index contributed by atoms with van der Waals surface area (Å²) in [4.78, 5) is 17.8. The predicted molar refractivity (Wildman–Crippen MR) is 66.8 cm³/mol. The SMILES string of the molecule is Cc1cccc(CN(C)CC(C)C(=O)NN)n1. The third-order valence-corrected chi connectivity index (χ3v) is 2.55. The first-order chi connectivity index (χ1) is 8.02. The lowest BCUT2D eigenvalue weighted by atomic mass is 10.1. The molecule has 0 aliphatic heterocycles. The summed E-state index contributed by atoms with van der Waals surface area (Å²) >= 11 is 0. The van der Waals surface area contributed by atoms with Gasteiger partial charge in [0.25, 0.3) is 0 Å². The Labute approximate surface area is 102 Å². The summed E-state index contributed by atoms with van der Waals surface area (Å²) < 4.78 is 0. The van der Waals surface area contributed by atoms with Crippen LogP contribution in [-0.4, -0.2) is 29.4 Å². The largest absolute Gasteiger partial charge is 0.300 e. The Bertz CT molecular complexity index is 381. The van der Waals surface area contributed by atoms with Gasteiger partial charge in [-0.05, 0) is 26.1 Å². The summed E-state index contributed by atoms with van der Waals surface area (Å²) in [5, 5.41) is 0. The van der Waals surface area contributed by atoms with Gasteiger partial charge >= 0.3 is 0 Å². The van der Waals surface area contributed by atoms with Crippen LogP contribution in [0.3, 0.4) is 0 Å². The number of rotatable bonds is 5. The molecule has 1 rings (SSSR count). The average molecular weight is 236 g/mol. The van der Waals surface area contributed by atoms with Crippen molar-refractivity contribution in [3.8, 4) is 0 Å². The van der Waals surface area contributed by atoms with E-state index in [0.29, 0.717) is 6.54 Å². The van der Waals surface area contributed by atoms with E-state index in [2.05, 4.69) is 15.3 Å². The van der Waals surface area contributed by atoms with Crippen LogP contribution in [0.25, 0.3) is 0 Å². The van der Waals surface area contributed by atoms with E-state index in [4.69, 9.17) is 5.84 Å². The molecule has 0 saturated carbocycles. The smallest absolute Gasteiger partial charge is 0.237 e. The maximum atomic E-state index is 11.3. The molecule has 17 heavy (non-hydrogen) atoms. The highest BCUT2D eigenvalue weighted by Gasteiger charge is 2.14. The molecule has 3 N–H and O–H groups in total. The van der Waals surface area contributed by atoms with Crippen LogP contribution in [0, 0.1) is 12.8 Å². The number of hydrazine groups is 1. The highest BCUT2D eigenvalue weighted by Crippen LogP contribution is 2.04. The van der Waals surface area contributed by atoms with Crippen LogP contribution < -0.4 is 11.3 Å². The zero-order valence-electron chi connectivity index (χ0n) is 10.6. The van der Waals surface area contributed by atoms with Gasteiger partial charge in [0.15, 0.2) is 0 Å². The fourth-order valence-corrected chi connectivity index (χ4v) is 1.72. The molecule has 1 atom stereocenters. The topological polar surface area (TPSA) is 71.2 Å². The molecule has 0 radical (unpaired) electrons. The van der Waals surface area contributed by atoms with Gasteiger partial charge in [0.1, 0.15) is 0 Å². The number of carbonyl (C=O) groups excluding carboxylic acids is 1. The summed E-state index contributed by atoms with van der Waals surface area (Å²) in [5.74, 6) is 4.82. The van der Waals surface area contributed by atoms with Crippen LogP contribution in [0.4, 0.5) is 0 Å². The maximum Gasteiger partial charge on any atom is 0.237 e. The number of pyridine rings is 1. The first-order valence-electron chi connectivity index (χ1n) is 5.64. The van der Waals surface area contributed by atoms with E-state index in [0.717, 1.165) is 17.9 Å². The lowest BCUT2D eigenvalue weighted by molar-refractivity contribution is -0.125. The number of hydrogen-bond donors (Lipinski definition) is 2. The Morgan fingerprint density at radius 2 is 2.29 bits per heavy atom. The van der Waals surface area contributed by atoms with E-state index in [1.807, 2.05) is 39.1 Å². The molecule has 0 spiro atoms. The molecular weight excluding hydrogens is 216 g/mol. The lowest BCUT2D eigenvalue weighted by Crippen LogP contribution is -2.39. The number of nitrogens with zero attached hydrogens (tertiary/aromatic N) is 2. The summed E-state index contributed by atoms with van der Waals surface area (Å²) in [6.07, 6.45) is 0. The van der Waals surface area contributed by atoms with Crippen molar-refractivity contribution < 1.29 is 4.79 Å². The van der Waals surface area contributed by atoms with Gasteiger partial charge in [-0.15, -0.1) is 0 Å². The van der Waals surface area contributed by atoms with E-state index in [1.54, 1.807) is 0 Å². The molecule has 1 heterocycles. The number of amides is 1. The van der Waals surface area contributed by atoms with E-state index in [9.17, 15) is 4.79 Å². The number of aromatic nitrogens is 1. The number of hydrogen-bond acceptors (Lipinski definition) is 4. The van der Waals surface area contributed by atoms with Gasteiger partial charge in [0.2, 0.25) is 5.91 Å². The minimum absolute atomic E-state index is 0.130. The molecule has 1 amide bonds. The molecule has 5 nitrogen and oxygen atoms in total. The Morgan fingerprint density at radius 3 is 2.88 bits per heavy atom. The van der Waals surface area contributed by atoms with Crippen LogP contribution >= 0.6 is 0 Å². The van der Waals surface area contributed by atoms with Crippen LogP contribution in [0.5, 0.6) is 0 Å². The highest BCUT2D eigenvalue weighted by atomic mass is 16.2. The second-order valence-electron chi connectivity index (χ2n) is 4.38. The predicted octanol–water partition coefficient (Wildman–Crippen LogP) is 0.448. The average Bonchev–Trinajstić information content (AvgIpc) is 2.27. The molecule has 0 fully saturated rings. The molecule has 94 valence electrons. The first kappa shape index (κ1) is 13.6. The fraction of sp³-hybridized carbons (Fsp3) is 0.500. The van der Waals surface area contributed by atoms with E-state index in [-0.39, 0.29) is 11.8 Å². The Kier molecular flexibility index (Phi) is 5.06. The summed E-state index contributed by atoms with van der Waals surface area (Å²) in [7, 11) is 1.96. The number of carbonyl (C=O) groups is 1. The molecule has 1 unspecified atom stereocenters. The van der Waals surface area contributed by atoms with Crippen molar-refractivity contribution in [1.29, 1.82) is 0 Å². The Balaban J connectivity index is 2.49. The quantitative estimate of drug-likeness (QED) is 0.442. The molecule has 0 saturated heterocycles. The highest BCUT2D eigenvalue weighted by molar-refractivity contribution is 5.77. The molecule has 0 bridgehead atoms. The van der Waals surface area contributed by atoms with Gasteiger partial charge in [-0.2, -0.15) is 0 Å². The third-order valence-electron chi connectivity index (χ3n) is 2.55. The second-order valence-corrected chi connectivity index (χ2v) is 4.38. The maximum absolute atomic E-state index is 11.3. The monoisotopic (exact) mass is 236 g/mol. The Hall–Kier alpha value is -1.46. The fourth-order valence-electron chi connectivity index (χ4n) is 1.72. The minimum atomic E-state index is -0.144. The molecule has 0 aromatic carbocycles. The molecule has 0 aliphatic rings. The van der Waals surface area contributed by atoms with Crippen molar-refractivity contribution in [3.63, 3.8) is 0 Å². The number of nitrogens with two attached hydrogens (primary N) is 1. The van der Waals surface area contributed by atoms with Crippen molar-refractivity contribution in [2.45, 2.75) is 20.4 Å². The van der Waals surface area contributed by atoms with Crippen LogP contribution in [0.15, 0.2) is 18.2 Å². The minimum Gasteiger partial charge on any atom is -0.300 e.